The van der Waals surface area contributed by atoms with Gasteiger partial charge in [-0.25, -0.2) is 4.79 Å². The fraction of sp³-hybridized carbons (Fsp3) is 0.438. The molecular weight excluding hydrogens is 298 g/mol. The number of hydrogen-bond donors (Lipinski definition) is 3. The molecule has 3 amide bonds. The normalized spacial score (nSPS) is 10.0. The van der Waals surface area contributed by atoms with Gasteiger partial charge in [0.15, 0.2) is 0 Å². The molecule has 7 nitrogen and oxygen atoms in total. The van der Waals surface area contributed by atoms with Crippen molar-refractivity contribution in [1.82, 2.24) is 16.0 Å². The molecule has 0 saturated carbocycles. The van der Waals surface area contributed by atoms with E-state index < -0.39 is 6.09 Å². The smallest absolute Gasteiger partial charge is 0.407 e. The van der Waals surface area contributed by atoms with E-state index in [4.69, 9.17) is 4.74 Å². The molecule has 0 saturated heterocycles. The molecule has 0 aliphatic heterocycles. The number of benzene rings is 1. The van der Waals surface area contributed by atoms with Crippen molar-refractivity contribution in [3.8, 4) is 0 Å². The molecule has 0 aromatic heterocycles. The third-order valence-corrected chi connectivity index (χ3v) is 2.71. The second-order valence-corrected chi connectivity index (χ2v) is 5.32. The van der Waals surface area contributed by atoms with Gasteiger partial charge in [0.1, 0.15) is 0 Å². The predicted molar refractivity (Wildman–Crippen MR) is 86.0 cm³/mol. The summed E-state index contributed by atoms with van der Waals surface area (Å²) in [4.78, 5) is 34.6. The zero-order valence-corrected chi connectivity index (χ0v) is 13.4. The van der Waals surface area contributed by atoms with Crippen LogP contribution in [0.2, 0.25) is 0 Å². The summed E-state index contributed by atoms with van der Waals surface area (Å²) >= 11 is 0. The highest BCUT2D eigenvalue weighted by Gasteiger charge is 2.07. The van der Waals surface area contributed by atoms with Crippen LogP contribution in [-0.4, -0.2) is 44.1 Å². The highest BCUT2D eigenvalue weighted by atomic mass is 16.5. The lowest BCUT2D eigenvalue weighted by atomic mass is 10.2. The van der Waals surface area contributed by atoms with E-state index in [0.29, 0.717) is 12.2 Å². The molecule has 0 radical (unpaired) electrons. The van der Waals surface area contributed by atoms with Gasteiger partial charge in [-0.15, -0.1) is 0 Å². The summed E-state index contributed by atoms with van der Waals surface area (Å²) in [5.74, 6) is -0.364. The van der Waals surface area contributed by atoms with Gasteiger partial charge in [0.05, 0.1) is 13.2 Å². The maximum Gasteiger partial charge on any atom is 0.407 e. The third kappa shape index (κ3) is 8.45. The molecule has 0 heterocycles. The summed E-state index contributed by atoms with van der Waals surface area (Å²) in [5, 5.41) is 7.62. The Morgan fingerprint density at radius 3 is 2.30 bits per heavy atom. The maximum atomic E-state index is 11.7. The SMILES string of the molecule is CC(C)COC(=O)NCCNC(=O)CNC(=O)c1ccccc1. The second kappa shape index (κ2) is 10.2. The van der Waals surface area contributed by atoms with Crippen LogP contribution in [0.15, 0.2) is 30.3 Å². The van der Waals surface area contributed by atoms with E-state index in [-0.39, 0.29) is 37.4 Å². The van der Waals surface area contributed by atoms with E-state index in [1.807, 2.05) is 19.9 Å². The monoisotopic (exact) mass is 321 g/mol. The fourth-order valence-corrected chi connectivity index (χ4v) is 1.57. The van der Waals surface area contributed by atoms with E-state index in [1.165, 1.54) is 0 Å². The molecule has 23 heavy (non-hydrogen) atoms. The minimum absolute atomic E-state index is 0.120. The number of hydrogen-bond acceptors (Lipinski definition) is 4. The Labute approximate surface area is 135 Å². The third-order valence-electron chi connectivity index (χ3n) is 2.71. The summed E-state index contributed by atoms with van der Waals surface area (Å²) in [6, 6.07) is 8.64. The van der Waals surface area contributed by atoms with E-state index in [2.05, 4.69) is 16.0 Å². The van der Waals surface area contributed by atoms with Crippen molar-refractivity contribution in [1.29, 1.82) is 0 Å². The molecule has 1 rings (SSSR count). The Kier molecular flexibility index (Phi) is 8.20. The van der Waals surface area contributed by atoms with Crippen molar-refractivity contribution in [3.05, 3.63) is 35.9 Å². The Morgan fingerprint density at radius 1 is 1.00 bits per heavy atom. The molecule has 1 aromatic rings. The van der Waals surface area contributed by atoms with Gasteiger partial charge in [-0.3, -0.25) is 9.59 Å². The lowest BCUT2D eigenvalue weighted by molar-refractivity contribution is -0.120. The first-order chi connectivity index (χ1) is 11.0. The van der Waals surface area contributed by atoms with Crippen LogP contribution in [0.4, 0.5) is 4.79 Å². The summed E-state index contributed by atoms with van der Waals surface area (Å²) in [6.07, 6.45) is -0.509. The molecule has 126 valence electrons. The first-order valence-electron chi connectivity index (χ1n) is 7.49. The molecule has 0 fully saturated rings. The molecule has 0 aliphatic rings. The van der Waals surface area contributed by atoms with Crippen LogP contribution in [-0.2, 0) is 9.53 Å². The van der Waals surface area contributed by atoms with Gasteiger partial charge < -0.3 is 20.7 Å². The summed E-state index contributed by atoms with van der Waals surface area (Å²) in [6.45, 7) is 4.63. The predicted octanol–water partition coefficient (Wildman–Crippen LogP) is 0.915. The Hall–Kier alpha value is -2.57. The van der Waals surface area contributed by atoms with Crippen LogP contribution in [0.3, 0.4) is 0 Å². The van der Waals surface area contributed by atoms with E-state index >= 15 is 0 Å². The van der Waals surface area contributed by atoms with Gasteiger partial charge in [0.2, 0.25) is 5.91 Å². The molecule has 0 bridgehead atoms. The van der Waals surface area contributed by atoms with Crippen molar-refractivity contribution in [2.75, 3.05) is 26.2 Å². The Bertz CT molecular complexity index is 517. The lowest BCUT2D eigenvalue weighted by Gasteiger charge is -2.10. The molecule has 0 aliphatic carbocycles. The standard InChI is InChI=1S/C16H23N3O4/c1-12(2)11-23-16(22)18-9-8-17-14(20)10-19-15(21)13-6-4-3-5-7-13/h3-7,12H,8-11H2,1-2H3,(H,17,20)(H,18,22)(H,19,21). The number of ether oxygens (including phenoxy) is 1. The van der Waals surface area contributed by atoms with E-state index in [9.17, 15) is 14.4 Å². The highest BCUT2D eigenvalue weighted by Crippen LogP contribution is 1.97. The van der Waals surface area contributed by atoms with Gasteiger partial charge >= 0.3 is 6.09 Å². The van der Waals surface area contributed by atoms with Gasteiger partial charge in [0, 0.05) is 18.7 Å². The minimum Gasteiger partial charge on any atom is -0.449 e. The first-order valence-corrected chi connectivity index (χ1v) is 7.49. The summed E-state index contributed by atoms with van der Waals surface area (Å²) in [7, 11) is 0. The minimum atomic E-state index is -0.509. The number of nitrogens with one attached hydrogen (secondary N) is 3. The maximum absolute atomic E-state index is 11.7. The Morgan fingerprint density at radius 2 is 1.65 bits per heavy atom. The molecule has 3 N–H and O–H groups in total. The molecule has 1 aromatic carbocycles. The number of amides is 3. The molecule has 7 heteroatoms. The van der Waals surface area contributed by atoms with E-state index in [1.54, 1.807) is 24.3 Å². The quantitative estimate of drug-likeness (QED) is 0.620. The van der Waals surface area contributed by atoms with Crippen molar-refractivity contribution in [3.63, 3.8) is 0 Å². The van der Waals surface area contributed by atoms with Gasteiger partial charge in [0.25, 0.3) is 5.91 Å². The van der Waals surface area contributed by atoms with Gasteiger partial charge in [-0.2, -0.15) is 0 Å². The second-order valence-electron chi connectivity index (χ2n) is 5.32. The number of carbonyl (C=O) groups excluding carboxylic acids is 3. The van der Waals surface area contributed by atoms with Crippen LogP contribution in [0.5, 0.6) is 0 Å². The average Bonchev–Trinajstić information content (AvgIpc) is 2.55. The Balaban J connectivity index is 2.11. The zero-order valence-electron chi connectivity index (χ0n) is 13.4. The number of rotatable bonds is 8. The topological polar surface area (TPSA) is 96.5 Å². The lowest BCUT2D eigenvalue weighted by Crippen LogP contribution is -2.40. The zero-order chi connectivity index (χ0) is 17.1. The molecule has 0 unspecified atom stereocenters. The average molecular weight is 321 g/mol. The van der Waals surface area contributed by atoms with Crippen molar-refractivity contribution in [2.45, 2.75) is 13.8 Å². The summed E-state index contributed by atoms with van der Waals surface area (Å²) in [5.41, 5.74) is 0.495. The van der Waals surface area contributed by atoms with Crippen molar-refractivity contribution < 1.29 is 19.1 Å². The van der Waals surface area contributed by atoms with Crippen molar-refractivity contribution in [2.24, 2.45) is 5.92 Å². The van der Waals surface area contributed by atoms with Gasteiger partial charge in [-0.1, -0.05) is 32.0 Å². The van der Waals surface area contributed by atoms with Crippen LogP contribution in [0.1, 0.15) is 24.2 Å². The van der Waals surface area contributed by atoms with Crippen LogP contribution in [0, 0.1) is 5.92 Å². The molecule has 0 spiro atoms. The van der Waals surface area contributed by atoms with Gasteiger partial charge in [-0.05, 0) is 18.1 Å². The van der Waals surface area contributed by atoms with E-state index in [0.717, 1.165) is 0 Å². The van der Waals surface area contributed by atoms with Crippen LogP contribution < -0.4 is 16.0 Å². The molecule has 0 atom stereocenters. The number of carbonyl (C=O) groups is 3. The van der Waals surface area contributed by atoms with Crippen LogP contribution in [0.25, 0.3) is 0 Å². The largest absolute Gasteiger partial charge is 0.449 e. The first kappa shape index (κ1) is 18.5. The number of alkyl carbamates (subject to hydrolysis) is 1. The van der Waals surface area contributed by atoms with Crippen LogP contribution >= 0.6 is 0 Å². The van der Waals surface area contributed by atoms with Crippen molar-refractivity contribution >= 4 is 17.9 Å². The summed E-state index contributed by atoms with van der Waals surface area (Å²) < 4.78 is 4.92. The fourth-order valence-electron chi connectivity index (χ4n) is 1.57. The highest BCUT2D eigenvalue weighted by molar-refractivity contribution is 5.96. The molecular formula is C16H23N3O4.